The highest BCUT2D eigenvalue weighted by atomic mass is 32.2. The second-order valence-corrected chi connectivity index (χ2v) is 2.78. The van der Waals surface area contributed by atoms with E-state index in [-0.39, 0.29) is 5.16 Å². The summed E-state index contributed by atoms with van der Waals surface area (Å²) in [6, 6.07) is 0. The number of anilines is 1. The Morgan fingerprint density at radius 3 is 2.31 bits per heavy atom. The summed E-state index contributed by atoms with van der Waals surface area (Å²) >= 11 is 0.971. The Morgan fingerprint density at radius 1 is 1.23 bits per heavy atom. The lowest BCUT2D eigenvalue weighted by Crippen LogP contribution is -2.14. The first kappa shape index (κ1) is 10.0. The zero-order chi connectivity index (χ0) is 10.1. The van der Waals surface area contributed by atoms with Crippen molar-refractivity contribution in [2.75, 3.05) is 12.0 Å². The highest BCUT2D eigenvalue weighted by molar-refractivity contribution is 7.98. The lowest BCUT2D eigenvalue weighted by molar-refractivity contribution is -0.145. The number of hydrogen-bond donors (Lipinski definition) is 1. The first-order valence-corrected chi connectivity index (χ1v) is 4.28. The number of halogens is 3. The van der Waals surface area contributed by atoms with E-state index in [1.54, 1.807) is 6.26 Å². The van der Waals surface area contributed by atoms with E-state index in [2.05, 4.69) is 15.0 Å². The highest BCUT2D eigenvalue weighted by Gasteiger charge is 2.35. The summed E-state index contributed by atoms with van der Waals surface area (Å²) in [6.45, 7) is 0. The molecule has 1 aromatic rings. The number of hydrogen-bond acceptors (Lipinski definition) is 5. The van der Waals surface area contributed by atoms with E-state index in [4.69, 9.17) is 5.73 Å². The Balaban J connectivity index is 3.16. The van der Waals surface area contributed by atoms with Crippen molar-refractivity contribution in [3.8, 4) is 0 Å². The molecule has 0 bridgehead atoms. The van der Waals surface area contributed by atoms with Gasteiger partial charge < -0.3 is 5.73 Å². The molecule has 1 heterocycles. The maximum absolute atomic E-state index is 12.1. The summed E-state index contributed by atoms with van der Waals surface area (Å²) in [6.07, 6.45) is -3.03. The molecule has 0 aromatic carbocycles. The largest absolute Gasteiger partial charge is 0.451 e. The molecule has 0 spiro atoms. The first-order valence-electron chi connectivity index (χ1n) is 3.06. The third-order valence-electron chi connectivity index (χ3n) is 1.07. The quantitative estimate of drug-likeness (QED) is 0.705. The summed E-state index contributed by atoms with van der Waals surface area (Å²) in [7, 11) is 0. The van der Waals surface area contributed by atoms with E-state index >= 15 is 0 Å². The van der Waals surface area contributed by atoms with Crippen LogP contribution in [0.4, 0.5) is 19.1 Å². The molecule has 0 radical (unpaired) electrons. The lowest BCUT2D eigenvalue weighted by Gasteiger charge is -2.05. The molecule has 13 heavy (non-hydrogen) atoms. The van der Waals surface area contributed by atoms with Gasteiger partial charge in [-0.3, -0.25) is 0 Å². The Morgan fingerprint density at radius 2 is 1.85 bits per heavy atom. The Kier molecular flexibility index (Phi) is 2.60. The zero-order valence-electron chi connectivity index (χ0n) is 6.46. The van der Waals surface area contributed by atoms with Crippen LogP contribution in [0, 0.1) is 0 Å². The van der Waals surface area contributed by atoms with Gasteiger partial charge in [-0.2, -0.15) is 28.1 Å². The van der Waals surface area contributed by atoms with Gasteiger partial charge in [0.05, 0.1) is 0 Å². The van der Waals surface area contributed by atoms with Gasteiger partial charge >= 0.3 is 6.18 Å². The van der Waals surface area contributed by atoms with Crippen LogP contribution in [-0.4, -0.2) is 21.2 Å². The molecule has 0 saturated carbocycles. The van der Waals surface area contributed by atoms with Crippen LogP contribution in [0.3, 0.4) is 0 Å². The minimum absolute atomic E-state index is 0.0418. The second kappa shape index (κ2) is 3.36. The fraction of sp³-hybridized carbons (Fsp3) is 0.400. The Hall–Kier alpha value is -1.05. The van der Waals surface area contributed by atoms with Gasteiger partial charge in [0, 0.05) is 0 Å². The fourth-order valence-electron chi connectivity index (χ4n) is 0.590. The van der Waals surface area contributed by atoms with E-state index in [0.717, 1.165) is 11.8 Å². The molecule has 0 saturated heterocycles. The summed E-state index contributed by atoms with van der Waals surface area (Å²) in [5.74, 6) is -1.68. The zero-order valence-corrected chi connectivity index (χ0v) is 7.28. The van der Waals surface area contributed by atoms with Crippen molar-refractivity contribution in [1.29, 1.82) is 0 Å². The maximum Gasteiger partial charge on any atom is 0.451 e. The Labute approximate surface area is 75.8 Å². The van der Waals surface area contributed by atoms with Gasteiger partial charge in [0.1, 0.15) is 0 Å². The molecule has 2 N–H and O–H groups in total. The normalized spacial score (nSPS) is 11.7. The monoisotopic (exact) mass is 210 g/mol. The lowest BCUT2D eigenvalue weighted by atomic mass is 10.6. The third kappa shape index (κ3) is 2.44. The van der Waals surface area contributed by atoms with Crippen LogP contribution in [0.25, 0.3) is 0 Å². The van der Waals surface area contributed by atoms with Crippen LogP contribution in [0.5, 0.6) is 0 Å². The van der Waals surface area contributed by atoms with Crippen LogP contribution >= 0.6 is 11.8 Å². The van der Waals surface area contributed by atoms with Gasteiger partial charge in [-0.25, -0.2) is 0 Å². The van der Waals surface area contributed by atoms with Crippen molar-refractivity contribution in [2.24, 2.45) is 0 Å². The molecule has 0 aliphatic heterocycles. The molecule has 0 aliphatic rings. The molecule has 1 rings (SSSR count). The average molecular weight is 210 g/mol. The molecule has 0 atom stereocenters. The minimum Gasteiger partial charge on any atom is -0.368 e. The van der Waals surface area contributed by atoms with Crippen molar-refractivity contribution in [3.63, 3.8) is 0 Å². The van der Waals surface area contributed by atoms with Gasteiger partial charge in [0.25, 0.3) is 0 Å². The summed E-state index contributed by atoms with van der Waals surface area (Å²) in [5.41, 5.74) is 5.06. The smallest absolute Gasteiger partial charge is 0.368 e. The van der Waals surface area contributed by atoms with Crippen molar-refractivity contribution in [2.45, 2.75) is 11.3 Å². The maximum atomic E-state index is 12.1. The number of nitrogens with zero attached hydrogens (tertiary/aromatic N) is 3. The molecule has 0 aliphatic carbocycles. The van der Waals surface area contributed by atoms with Crippen molar-refractivity contribution in [1.82, 2.24) is 15.0 Å². The molecule has 8 heteroatoms. The predicted octanol–water partition coefficient (Wildman–Crippen LogP) is 1.19. The van der Waals surface area contributed by atoms with Gasteiger partial charge in [-0.15, -0.1) is 0 Å². The molecule has 1 aromatic heterocycles. The summed E-state index contributed by atoms with van der Waals surface area (Å²) in [4.78, 5) is 9.61. The molecular weight excluding hydrogens is 205 g/mol. The molecule has 4 nitrogen and oxygen atoms in total. The van der Waals surface area contributed by atoms with Gasteiger partial charge in [-0.05, 0) is 6.26 Å². The van der Waals surface area contributed by atoms with Crippen LogP contribution < -0.4 is 5.73 Å². The number of thioether (sulfide) groups is 1. The first-order chi connectivity index (χ1) is 5.93. The third-order valence-corrected chi connectivity index (χ3v) is 1.62. The second-order valence-electron chi connectivity index (χ2n) is 2.00. The minimum atomic E-state index is -4.58. The SMILES string of the molecule is CSc1nc(N)nc(C(F)(F)F)n1. The van der Waals surface area contributed by atoms with Gasteiger partial charge in [-0.1, -0.05) is 11.8 Å². The van der Waals surface area contributed by atoms with E-state index in [9.17, 15) is 13.2 Å². The molecular formula is C5H5F3N4S. The number of aromatic nitrogens is 3. The molecule has 0 amide bonds. The molecule has 0 fully saturated rings. The van der Waals surface area contributed by atoms with Gasteiger partial charge in [0.15, 0.2) is 5.16 Å². The van der Waals surface area contributed by atoms with Gasteiger partial charge in [0.2, 0.25) is 11.8 Å². The van der Waals surface area contributed by atoms with E-state index < -0.39 is 17.9 Å². The summed E-state index contributed by atoms with van der Waals surface area (Å²) < 4.78 is 36.2. The van der Waals surface area contributed by atoms with Crippen molar-refractivity contribution in [3.05, 3.63) is 5.82 Å². The van der Waals surface area contributed by atoms with Crippen LogP contribution in [0.15, 0.2) is 5.16 Å². The van der Waals surface area contributed by atoms with E-state index in [1.807, 2.05) is 0 Å². The number of nitrogen functional groups attached to an aromatic ring is 1. The van der Waals surface area contributed by atoms with Crippen LogP contribution in [0.1, 0.15) is 5.82 Å². The van der Waals surface area contributed by atoms with Crippen LogP contribution in [-0.2, 0) is 6.18 Å². The number of nitrogens with two attached hydrogens (primary N) is 1. The number of rotatable bonds is 1. The average Bonchev–Trinajstić information content (AvgIpc) is 2.01. The standard InChI is InChI=1S/C5H5F3N4S/c1-13-4-11-2(5(6,7)8)10-3(9)12-4/h1H3,(H2,9,10,11,12). The summed E-state index contributed by atoms with van der Waals surface area (Å²) in [5, 5.41) is -0.0418. The fourth-order valence-corrected chi connectivity index (χ4v) is 0.953. The van der Waals surface area contributed by atoms with Crippen LogP contribution in [0.2, 0.25) is 0 Å². The topological polar surface area (TPSA) is 64.7 Å². The predicted molar refractivity (Wildman–Crippen MR) is 41.0 cm³/mol. The number of alkyl halides is 3. The Bertz CT molecular complexity index is 313. The van der Waals surface area contributed by atoms with E-state index in [0.29, 0.717) is 0 Å². The molecule has 72 valence electrons. The van der Waals surface area contributed by atoms with E-state index in [1.165, 1.54) is 0 Å². The highest BCUT2D eigenvalue weighted by Crippen LogP contribution is 2.27. The van der Waals surface area contributed by atoms with Crippen molar-refractivity contribution >= 4 is 17.7 Å². The van der Waals surface area contributed by atoms with Crippen molar-refractivity contribution < 1.29 is 13.2 Å². The molecule has 0 unspecified atom stereocenters.